The van der Waals surface area contributed by atoms with E-state index in [-0.39, 0.29) is 5.54 Å². The second-order valence-electron chi connectivity index (χ2n) is 4.93. The topological polar surface area (TPSA) is 29.3 Å². The van der Waals surface area contributed by atoms with Gasteiger partial charge in [0, 0.05) is 29.3 Å². The number of nitrogens with two attached hydrogens (primary N) is 1. The molecule has 0 radical (unpaired) electrons. The zero-order valence-corrected chi connectivity index (χ0v) is 10.0. The van der Waals surface area contributed by atoms with E-state index in [0.717, 1.165) is 24.5 Å². The summed E-state index contributed by atoms with van der Waals surface area (Å²) in [6.45, 7) is 6.03. The number of hydrogen-bond donors (Lipinski definition) is 1. The van der Waals surface area contributed by atoms with Gasteiger partial charge in [-0.05, 0) is 38.0 Å². The van der Waals surface area contributed by atoms with E-state index >= 15 is 0 Å². The molecule has 0 aliphatic carbocycles. The van der Waals surface area contributed by atoms with Gasteiger partial charge < -0.3 is 10.6 Å². The Balaban J connectivity index is 2.24. The average Bonchev–Trinajstić information content (AvgIpc) is 2.46. The van der Waals surface area contributed by atoms with E-state index in [9.17, 15) is 0 Å². The molecule has 3 heteroatoms. The number of halogens is 1. The molecule has 0 bridgehead atoms. The third kappa shape index (κ3) is 2.44. The summed E-state index contributed by atoms with van der Waals surface area (Å²) in [5.41, 5.74) is 8.50. The molecule has 0 fully saturated rings. The van der Waals surface area contributed by atoms with Gasteiger partial charge in [0.15, 0.2) is 0 Å². The number of nitrogens with zero attached hydrogens (tertiary/aromatic N) is 1. The molecular weight excluding hydrogens is 208 g/mol. The van der Waals surface area contributed by atoms with Crippen molar-refractivity contribution in [3.8, 4) is 0 Å². The van der Waals surface area contributed by atoms with Crippen molar-refractivity contribution in [2.24, 2.45) is 5.73 Å². The van der Waals surface area contributed by atoms with Crippen LogP contribution in [0, 0.1) is 0 Å². The van der Waals surface area contributed by atoms with Crippen LogP contribution in [0.3, 0.4) is 0 Å². The molecule has 1 aliphatic rings. The molecule has 2 N–H and O–H groups in total. The summed E-state index contributed by atoms with van der Waals surface area (Å²) < 4.78 is 0. The highest BCUT2D eigenvalue weighted by Gasteiger charge is 2.23. The molecule has 15 heavy (non-hydrogen) atoms. The van der Waals surface area contributed by atoms with Crippen LogP contribution >= 0.6 is 11.6 Å². The lowest BCUT2D eigenvalue weighted by molar-refractivity contribution is 0.511. The molecule has 0 saturated carbocycles. The van der Waals surface area contributed by atoms with Crippen LogP contribution in [0.15, 0.2) is 18.2 Å². The van der Waals surface area contributed by atoms with E-state index in [1.165, 1.54) is 11.3 Å². The second kappa shape index (κ2) is 3.69. The quantitative estimate of drug-likeness (QED) is 0.836. The van der Waals surface area contributed by atoms with Gasteiger partial charge in [-0.2, -0.15) is 0 Å². The van der Waals surface area contributed by atoms with Gasteiger partial charge in [-0.3, -0.25) is 0 Å². The van der Waals surface area contributed by atoms with E-state index in [4.69, 9.17) is 17.3 Å². The molecule has 2 nitrogen and oxygen atoms in total. The fourth-order valence-corrected chi connectivity index (χ4v) is 2.24. The maximum absolute atomic E-state index is 6.04. The lowest BCUT2D eigenvalue weighted by Gasteiger charge is -2.28. The number of anilines is 1. The fraction of sp³-hybridized carbons (Fsp3) is 0.500. The molecule has 0 saturated heterocycles. The zero-order chi connectivity index (χ0) is 11.1. The Morgan fingerprint density at radius 3 is 2.87 bits per heavy atom. The Hall–Kier alpha value is -0.730. The van der Waals surface area contributed by atoms with Gasteiger partial charge >= 0.3 is 0 Å². The predicted molar refractivity (Wildman–Crippen MR) is 65.6 cm³/mol. The van der Waals surface area contributed by atoms with Gasteiger partial charge in [0.25, 0.3) is 0 Å². The van der Waals surface area contributed by atoms with Gasteiger partial charge in [0.05, 0.1) is 0 Å². The Morgan fingerprint density at radius 2 is 2.20 bits per heavy atom. The molecule has 0 spiro atoms. The Labute approximate surface area is 96.0 Å². The zero-order valence-electron chi connectivity index (χ0n) is 9.26. The minimum absolute atomic E-state index is 0.163. The first-order valence-electron chi connectivity index (χ1n) is 5.28. The van der Waals surface area contributed by atoms with Crippen LogP contribution in [0.1, 0.15) is 19.4 Å². The third-order valence-electron chi connectivity index (χ3n) is 2.64. The van der Waals surface area contributed by atoms with Crippen molar-refractivity contribution in [3.63, 3.8) is 0 Å². The standard InChI is InChI=1S/C12H17ClN2/c1-12(2,14)8-15-6-5-9-3-4-10(13)7-11(9)15/h3-4,7H,5-6,8,14H2,1-2H3. The molecule has 0 atom stereocenters. The molecule has 1 aliphatic heterocycles. The van der Waals surface area contributed by atoms with Gasteiger partial charge in [0.1, 0.15) is 0 Å². The highest BCUT2D eigenvalue weighted by molar-refractivity contribution is 6.30. The predicted octanol–water partition coefficient (Wildman–Crippen LogP) is 2.44. The largest absolute Gasteiger partial charge is 0.369 e. The van der Waals surface area contributed by atoms with Gasteiger partial charge in [-0.25, -0.2) is 0 Å². The number of hydrogen-bond acceptors (Lipinski definition) is 2. The van der Waals surface area contributed by atoms with Crippen molar-refractivity contribution in [2.45, 2.75) is 25.8 Å². The van der Waals surface area contributed by atoms with Gasteiger partial charge in [0.2, 0.25) is 0 Å². The number of rotatable bonds is 2. The van der Waals surface area contributed by atoms with Crippen LogP contribution < -0.4 is 10.6 Å². The monoisotopic (exact) mass is 224 g/mol. The lowest BCUT2D eigenvalue weighted by Crippen LogP contribution is -2.44. The Morgan fingerprint density at radius 1 is 1.47 bits per heavy atom. The Kier molecular flexibility index (Phi) is 2.65. The normalized spacial score (nSPS) is 15.6. The molecule has 82 valence electrons. The summed E-state index contributed by atoms with van der Waals surface area (Å²) in [5, 5.41) is 0.801. The number of benzene rings is 1. The van der Waals surface area contributed by atoms with Crippen LogP contribution in [0.4, 0.5) is 5.69 Å². The van der Waals surface area contributed by atoms with Crippen LogP contribution in [-0.4, -0.2) is 18.6 Å². The van der Waals surface area contributed by atoms with Crippen molar-refractivity contribution >= 4 is 17.3 Å². The molecule has 2 rings (SSSR count). The van der Waals surface area contributed by atoms with Crippen LogP contribution in [0.5, 0.6) is 0 Å². The maximum atomic E-state index is 6.04. The first-order valence-corrected chi connectivity index (χ1v) is 5.66. The highest BCUT2D eigenvalue weighted by atomic mass is 35.5. The molecular formula is C12H17ClN2. The number of fused-ring (bicyclic) bond motifs is 1. The summed E-state index contributed by atoms with van der Waals surface area (Å²) in [5.74, 6) is 0. The van der Waals surface area contributed by atoms with Crippen molar-refractivity contribution < 1.29 is 0 Å². The summed E-state index contributed by atoms with van der Waals surface area (Å²) in [6.07, 6.45) is 1.10. The average molecular weight is 225 g/mol. The van der Waals surface area contributed by atoms with Gasteiger partial charge in [-0.15, -0.1) is 0 Å². The van der Waals surface area contributed by atoms with Crippen LogP contribution in [0.2, 0.25) is 5.02 Å². The SMILES string of the molecule is CC(C)(N)CN1CCc2ccc(Cl)cc21. The molecule has 1 heterocycles. The summed E-state index contributed by atoms with van der Waals surface area (Å²) >= 11 is 6.00. The highest BCUT2D eigenvalue weighted by Crippen LogP contribution is 2.31. The van der Waals surface area contributed by atoms with Crippen molar-refractivity contribution in [1.82, 2.24) is 0 Å². The Bertz CT molecular complexity index is 368. The summed E-state index contributed by atoms with van der Waals surface area (Å²) in [4.78, 5) is 2.32. The van der Waals surface area contributed by atoms with Gasteiger partial charge in [-0.1, -0.05) is 17.7 Å². The molecule has 0 unspecified atom stereocenters. The van der Waals surface area contributed by atoms with E-state index in [0.29, 0.717) is 0 Å². The third-order valence-corrected chi connectivity index (χ3v) is 2.87. The minimum Gasteiger partial charge on any atom is -0.369 e. The van der Waals surface area contributed by atoms with Crippen molar-refractivity contribution in [2.75, 3.05) is 18.0 Å². The second-order valence-corrected chi connectivity index (χ2v) is 5.37. The fourth-order valence-electron chi connectivity index (χ4n) is 2.07. The summed E-state index contributed by atoms with van der Waals surface area (Å²) in [7, 11) is 0. The molecule has 1 aromatic carbocycles. The molecule has 0 amide bonds. The smallest absolute Gasteiger partial charge is 0.0426 e. The van der Waals surface area contributed by atoms with E-state index in [1.54, 1.807) is 0 Å². The molecule has 1 aromatic rings. The van der Waals surface area contributed by atoms with Crippen LogP contribution in [0.25, 0.3) is 0 Å². The van der Waals surface area contributed by atoms with E-state index in [1.807, 2.05) is 12.1 Å². The summed E-state index contributed by atoms with van der Waals surface area (Å²) in [6, 6.07) is 6.11. The van der Waals surface area contributed by atoms with Crippen molar-refractivity contribution in [3.05, 3.63) is 28.8 Å². The molecule has 0 aromatic heterocycles. The maximum Gasteiger partial charge on any atom is 0.0426 e. The minimum atomic E-state index is -0.163. The van der Waals surface area contributed by atoms with E-state index in [2.05, 4.69) is 24.8 Å². The first-order chi connectivity index (χ1) is 6.96. The first kappa shape index (κ1) is 10.8. The van der Waals surface area contributed by atoms with Crippen molar-refractivity contribution in [1.29, 1.82) is 0 Å². The lowest BCUT2D eigenvalue weighted by atomic mass is 10.1. The van der Waals surface area contributed by atoms with Crippen LogP contribution in [-0.2, 0) is 6.42 Å². The van der Waals surface area contributed by atoms with E-state index < -0.39 is 0 Å².